The van der Waals surface area contributed by atoms with E-state index in [-0.39, 0.29) is 24.2 Å². The zero-order valence-electron chi connectivity index (χ0n) is 20.1. The Bertz CT molecular complexity index is 1030. The van der Waals surface area contributed by atoms with E-state index in [2.05, 4.69) is 4.90 Å². The summed E-state index contributed by atoms with van der Waals surface area (Å²) in [5.41, 5.74) is 1.65. The van der Waals surface area contributed by atoms with E-state index in [1.54, 1.807) is 24.1 Å². The van der Waals surface area contributed by atoms with Crippen LogP contribution in [0.25, 0.3) is 0 Å². The molecule has 0 saturated carbocycles. The quantitative estimate of drug-likeness (QED) is 0.616. The predicted molar refractivity (Wildman–Crippen MR) is 128 cm³/mol. The van der Waals surface area contributed by atoms with Gasteiger partial charge in [0, 0.05) is 51.3 Å². The number of rotatable bonds is 7. The third-order valence-electron chi connectivity index (χ3n) is 6.45. The number of carbonyl (C=O) groups excluding carboxylic acids is 2. The molecule has 34 heavy (non-hydrogen) atoms. The molecule has 9 nitrogen and oxygen atoms in total. The molecular weight excluding hydrogens is 438 g/mol. The Morgan fingerprint density at radius 1 is 0.853 bits per heavy atom. The summed E-state index contributed by atoms with van der Waals surface area (Å²) >= 11 is 0. The minimum Gasteiger partial charge on any atom is -0.495 e. The number of benzene rings is 2. The van der Waals surface area contributed by atoms with E-state index in [1.165, 1.54) is 21.3 Å². The highest BCUT2D eigenvalue weighted by atomic mass is 16.5. The molecule has 2 aliphatic heterocycles. The molecule has 0 aliphatic carbocycles. The molecule has 2 amide bonds. The maximum atomic E-state index is 13.3. The van der Waals surface area contributed by atoms with Gasteiger partial charge in [0.25, 0.3) is 0 Å². The first kappa shape index (κ1) is 23.5. The lowest BCUT2D eigenvalue weighted by atomic mass is 10.1. The third-order valence-corrected chi connectivity index (χ3v) is 6.45. The van der Waals surface area contributed by atoms with Crippen molar-refractivity contribution in [3.8, 4) is 23.0 Å². The summed E-state index contributed by atoms with van der Waals surface area (Å²) in [4.78, 5) is 31.8. The van der Waals surface area contributed by atoms with Crippen LogP contribution in [-0.4, -0.2) is 77.9 Å². The van der Waals surface area contributed by atoms with E-state index < -0.39 is 0 Å². The fraction of sp³-hybridized carbons (Fsp3) is 0.440. The number of hydrogen-bond acceptors (Lipinski definition) is 7. The van der Waals surface area contributed by atoms with Crippen molar-refractivity contribution < 1.29 is 28.5 Å². The second-order valence-electron chi connectivity index (χ2n) is 8.27. The largest absolute Gasteiger partial charge is 0.495 e. The van der Waals surface area contributed by atoms with Crippen molar-refractivity contribution >= 4 is 23.2 Å². The Hall–Kier alpha value is -3.62. The number of carbonyl (C=O) groups is 2. The highest BCUT2D eigenvalue weighted by Crippen LogP contribution is 2.42. The van der Waals surface area contributed by atoms with Gasteiger partial charge in [0.05, 0.1) is 45.7 Å². The Kier molecular flexibility index (Phi) is 7.00. The van der Waals surface area contributed by atoms with Gasteiger partial charge in [0.15, 0.2) is 11.5 Å². The molecule has 0 bridgehead atoms. The maximum Gasteiger partial charge on any atom is 0.228 e. The third kappa shape index (κ3) is 4.42. The molecule has 2 fully saturated rings. The van der Waals surface area contributed by atoms with Crippen molar-refractivity contribution in [2.24, 2.45) is 5.92 Å². The van der Waals surface area contributed by atoms with E-state index in [1.807, 2.05) is 29.2 Å². The number of methoxy groups -OCH3 is 4. The average Bonchev–Trinajstić information content (AvgIpc) is 3.28. The van der Waals surface area contributed by atoms with Crippen molar-refractivity contribution in [3.05, 3.63) is 36.4 Å². The average molecular weight is 470 g/mol. The van der Waals surface area contributed by atoms with Crippen molar-refractivity contribution in [1.29, 1.82) is 0 Å². The highest BCUT2D eigenvalue weighted by molar-refractivity contribution is 6.00. The molecule has 9 heteroatoms. The Morgan fingerprint density at radius 3 is 2.06 bits per heavy atom. The molecule has 2 heterocycles. The summed E-state index contributed by atoms with van der Waals surface area (Å²) in [5, 5.41) is 0. The van der Waals surface area contributed by atoms with Gasteiger partial charge in [-0.05, 0) is 12.1 Å². The van der Waals surface area contributed by atoms with Crippen molar-refractivity contribution in [2.75, 3.05) is 71.0 Å². The van der Waals surface area contributed by atoms with E-state index in [4.69, 9.17) is 18.9 Å². The van der Waals surface area contributed by atoms with Crippen molar-refractivity contribution in [2.45, 2.75) is 6.42 Å². The first-order valence-electron chi connectivity index (χ1n) is 11.3. The van der Waals surface area contributed by atoms with Gasteiger partial charge in [0.1, 0.15) is 5.75 Å². The van der Waals surface area contributed by atoms with Crippen LogP contribution in [-0.2, 0) is 9.59 Å². The fourth-order valence-corrected chi connectivity index (χ4v) is 4.66. The normalized spacial score (nSPS) is 18.2. The highest BCUT2D eigenvalue weighted by Gasteiger charge is 2.38. The van der Waals surface area contributed by atoms with E-state index in [0.717, 1.165) is 11.4 Å². The molecule has 0 spiro atoms. The Balaban J connectivity index is 1.43. The van der Waals surface area contributed by atoms with Crippen LogP contribution in [0.15, 0.2) is 36.4 Å². The standard InChI is InChI=1S/C25H31N3O6/c1-31-20-8-6-5-7-19(20)26-9-11-27(12-10-26)25(30)17-13-23(29)28(16-17)18-14-21(32-2)24(34-4)22(15-18)33-3/h5-8,14-15,17H,9-13,16H2,1-4H3/t17-/m1/s1. The molecule has 2 aliphatic rings. The second kappa shape index (κ2) is 10.1. The first-order valence-corrected chi connectivity index (χ1v) is 11.3. The lowest BCUT2D eigenvalue weighted by molar-refractivity contribution is -0.136. The van der Waals surface area contributed by atoms with Gasteiger partial charge >= 0.3 is 0 Å². The topological polar surface area (TPSA) is 80.8 Å². The van der Waals surface area contributed by atoms with Gasteiger partial charge in [-0.1, -0.05) is 12.1 Å². The van der Waals surface area contributed by atoms with Crippen LogP contribution in [0.5, 0.6) is 23.0 Å². The van der Waals surface area contributed by atoms with Crippen LogP contribution < -0.4 is 28.7 Å². The maximum absolute atomic E-state index is 13.3. The number of para-hydroxylation sites is 2. The van der Waals surface area contributed by atoms with Gasteiger partial charge in [-0.25, -0.2) is 0 Å². The molecule has 0 N–H and O–H groups in total. The molecule has 0 aromatic heterocycles. The molecule has 2 saturated heterocycles. The minimum atomic E-state index is -0.385. The molecule has 0 radical (unpaired) electrons. The van der Waals surface area contributed by atoms with Crippen LogP contribution in [0.4, 0.5) is 11.4 Å². The van der Waals surface area contributed by atoms with Crippen LogP contribution in [0.2, 0.25) is 0 Å². The van der Waals surface area contributed by atoms with Crippen molar-refractivity contribution in [3.63, 3.8) is 0 Å². The van der Waals surface area contributed by atoms with Crippen LogP contribution in [0.3, 0.4) is 0 Å². The number of nitrogens with zero attached hydrogens (tertiary/aromatic N) is 3. The first-order chi connectivity index (χ1) is 16.5. The number of piperazine rings is 1. The molecule has 182 valence electrons. The van der Waals surface area contributed by atoms with E-state index in [0.29, 0.717) is 55.7 Å². The van der Waals surface area contributed by atoms with Gasteiger partial charge in [-0.2, -0.15) is 0 Å². The van der Waals surface area contributed by atoms with Gasteiger partial charge < -0.3 is 33.6 Å². The summed E-state index contributed by atoms with van der Waals surface area (Å²) in [7, 11) is 6.26. The Morgan fingerprint density at radius 2 is 1.47 bits per heavy atom. The second-order valence-corrected chi connectivity index (χ2v) is 8.27. The zero-order chi connectivity index (χ0) is 24.2. The molecule has 1 atom stereocenters. The monoisotopic (exact) mass is 469 g/mol. The number of anilines is 2. The van der Waals surface area contributed by atoms with Crippen molar-refractivity contribution in [1.82, 2.24) is 4.90 Å². The summed E-state index contributed by atoms with van der Waals surface area (Å²) < 4.78 is 21.7. The van der Waals surface area contributed by atoms with Gasteiger partial charge in [-0.3, -0.25) is 9.59 Å². The molecule has 0 unspecified atom stereocenters. The number of hydrogen-bond donors (Lipinski definition) is 0. The summed E-state index contributed by atoms with van der Waals surface area (Å²) in [5.74, 6) is 1.75. The Labute approximate surface area is 199 Å². The number of amides is 2. The zero-order valence-corrected chi connectivity index (χ0v) is 20.1. The SMILES string of the molecule is COc1ccccc1N1CCN(C(=O)[C@@H]2CC(=O)N(c3cc(OC)c(OC)c(OC)c3)C2)CC1. The van der Waals surface area contributed by atoms with Crippen LogP contribution in [0, 0.1) is 5.92 Å². The van der Waals surface area contributed by atoms with Gasteiger partial charge in [-0.15, -0.1) is 0 Å². The van der Waals surface area contributed by atoms with E-state index >= 15 is 0 Å². The lowest BCUT2D eigenvalue weighted by Crippen LogP contribution is -2.50. The van der Waals surface area contributed by atoms with Crippen LogP contribution in [0.1, 0.15) is 6.42 Å². The minimum absolute atomic E-state index is 0.0166. The lowest BCUT2D eigenvalue weighted by Gasteiger charge is -2.37. The molecule has 4 rings (SSSR count). The number of ether oxygens (including phenoxy) is 4. The smallest absolute Gasteiger partial charge is 0.228 e. The summed E-state index contributed by atoms with van der Waals surface area (Å²) in [6, 6.07) is 11.4. The molecule has 2 aromatic carbocycles. The molecular formula is C25H31N3O6. The molecule has 2 aromatic rings. The van der Waals surface area contributed by atoms with Crippen LogP contribution >= 0.6 is 0 Å². The summed E-state index contributed by atoms with van der Waals surface area (Å²) in [6.07, 6.45) is 0.183. The fourth-order valence-electron chi connectivity index (χ4n) is 4.66. The predicted octanol–water partition coefficient (Wildman–Crippen LogP) is 2.42. The summed E-state index contributed by atoms with van der Waals surface area (Å²) in [6.45, 7) is 2.95. The van der Waals surface area contributed by atoms with E-state index in [9.17, 15) is 9.59 Å². The van der Waals surface area contributed by atoms with Gasteiger partial charge in [0.2, 0.25) is 17.6 Å².